The number of allylic oxidation sites excluding steroid dienone is 1. The van der Waals surface area contributed by atoms with Gasteiger partial charge in [0.05, 0.1) is 20.8 Å². The van der Waals surface area contributed by atoms with Crippen LogP contribution in [0.15, 0.2) is 28.7 Å². The Bertz CT molecular complexity index is 856. The lowest BCUT2D eigenvalue weighted by molar-refractivity contribution is -0.393. The molecular weight excluding hydrogens is 318 g/mol. The SMILES string of the molecule is CC1=C(C)S(=O)(=O)N(c2ccc([N+](=O)[O-])cc2[N+](=O)[O-])C1=O. The van der Waals surface area contributed by atoms with Gasteiger partial charge in [-0.25, -0.2) is 8.42 Å². The molecule has 1 aliphatic heterocycles. The number of non-ortho nitro benzene ring substituents is 1. The van der Waals surface area contributed by atoms with Gasteiger partial charge in [-0.05, 0) is 19.9 Å². The molecule has 0 aliphatic carbocycles. The van der Waals surface area contributed by atoms with Crippen LogP contribution in [0.3, 0.4) is 0 Å². The van der Waals surface area contributed by atoms with Crippen LogP contribution < -0.4 is 4.31 Å². The fraction of sp³-hybridized carbons (Fsp3) is 0.182. The molecule has 0 fully saturated rings. The summed E-state index contributed by atoms with van der Waals surface area (Å²) in [5.74, 6) is -0.922. The Labute approximate surface area is 124 Å². The number of sulfonamides is 1. The summed E-state index contributed by atoms with van der Waals surface area (Å²) in [5, 5.41) is 21.8. The normalized spacial score (nSPS) is 17.0. The molecule has 0 N–H and O–H groups in total. The van der Waals surface area contributed by atoms with Gasteiger partial charge < -0.3 is 0 Å². The molecule has 22 heavy (non-hydrogen) atoms. The topological polar surface area (TPSA) is 141 Å². The number of benzene rings is 1. The highest BCUT2D eigenvalue weighted by Crippen LogP contribution is 2.39. The summed E-state index contributed by atoms with van der Waals surface area (Å²) in [6.07, 6.45) is 0. The van der Waals surface area contributed by atoms with Crippen LogP contribution in [-0.4, -0.2) is 24.2 Å². The quantitative estimate of drug-likeness (QED) is 0.604. The van der Waals surface area contributed by atoms with Gasteiger partial charge >= 0.3 is 5.69 Å². The van der Waals surface area contributed by atoms with Crippen LogP contribution in [0.4, 0.5) is 17.1 Å². The number of carbonyl (C=O) groups excluding carboxylic acids is 1. The van der Waals surface area contributed by atoms with Crippen molar-refractivity contribution in [1.82, 2.24) is 0 Å². The van der Waals surface area contributed by atoms with Crippen molar-refractivity contribution in [2.24, 2.45) is 0 Å². The molecule has 1 heterocycles. The van der Waals surface area contributed by atoms with Crippen molar-refractivity contribution in [3.63, 3.8) is 0 Å². The summed E-state index contributed by atoms with van der Waals surface area (Å²) < 4.78 is 24.7. The van der Waals surface area contributed by atoms with Gasteiger partial charge in [0.2, 0.25) is 0 Å². The number of nitro benzene ring substituents is 2. The summed E-state index contributed by atoms with van der Waals surface area (Å²) in [6, 6.07) is 2.38. The average Bonchev–Trinajstić information content (AvgIpc) is 2.58. The Balaban J connectivity index is 2.72. The van der Waals surface area contributed by atoms with Crippen LogP contribution in [0.25, 0.3) is 0 Å². The first kappa shape index (κ1) is 15.6. The molecule has 2 rings (SSSR count). The Morgan fingerprint density at radius 1 is 1.09 bits per heavy atom. The van der Waals surface area contributed by atoms with Crippen molar-refractivity contribution in [2.45, 2.75) is 13.8 Å². The molecule has 10 nitrogen and oxygen atoms in total. The first-order valence-electron chi connectivity index (χ1n) is 5.79. The van der Waals surface area contributed by atoms with Gasteiger partial charge in [0, 0.05) is 11.6 Å². The maximum Gasteiger partial charge on any atom is 0.300 e. The number of hydrogen-bond donors (Lipinski definition) is 0. The van der Waals surface area contributed by atoms with E-state index in [1.807, 2.05) is 0 Å². The molecule has 1 aromatic carbocycles. The van der Waals surface area contributed by atoms with E-state index in [1.165, 1.54) is 13.8 Å². The van der Waals surface area contributed by atoms with Gasteiger partial charge in [0.1, 0.15) is 5.69 Å². The highest BCUT2D eigenvalue weighted by atomic mass is 32.2. The smallest absolute Gasteiger partial charge is 0.268 e. The van der Waals surface area contributed by atoms with Gasteiger partial charge in [-0.3, -0.25) is 25.0 Å². The van der Waals surface area contributed by atoms with E-state index in [4.69, 9.17) is 0 Å². The van der Waals surface area contributed by atoms with E-state index < -0.39 is 42.8 Å². The lowest BCUT2D eigenvalue weighted by atomic mass is 10.2. The molecule has 0 saturated carbocycles. The van der Waals surface area contributed by atoms with Gasteiger partial charge in [0.25, 0.3) is 21.6 Å². The summed E-state index contributed by atoms with van der Waals surface area (Å²) in [7, 11) is -4.22. The molecule has 0 unspecified atom stereocenters. The standard InChI is InChI=1S/C11H9N3O7S/c1-6-7(2)22(20,21)12(11(6)15)9-4-3-8(13(16)17)5-10(9)14(18)19/h3-5H,1-2H3. The van der Waals surface area contributed by atoms with Crippen molar-refractivity contribution >= 4 is 33.0 Å². The summed E-state index contributed by atoms with van der Waals surface area (Å²) in [4.78, 5) is 31.8. The van der Waals surface area contributed by atoms with Crippen molar-refractivity contribution in [3.05, 3.63) is 48.9 Å². The van der Waals surface area contributed by atoms with Crippen molar-refractivity contribution in [3.8, 4) is 0 Å². The van der Waals surface area contributed by atoms with E-state index >= 15 is 0 Å². The second kappa shape index (κ2) is 4.87. The third kappa shape index (κ3) is 2.11. The molecule has 0 spiro atoms. The molecule has 1 aliphatic rings. The first-order valence-corrected chi connectivity index (χ1v) is 7.23. The monoisotopic (exact) mass is 327 g/mol. The van der Waals surface area contributed by atoms with E-state index in [9.17, 15) is 33.4 Å². The lowest BCUT2D eigenvalue weighted by Crippen LogP contribution is -2.31. The van der Waals surface area contributed by atoms with Crippen LogP contribution in [0.2, 0.25) is 0 Å². The first-order chi connectivity index (χ1) is 10.1. The molecule has 116 valence electrons. The van der Waals surface area contributed by atoms with Crippen LogP contribution in [0, 0.1) is 20.2 Å². The largest absolute Gasteiger partial charge is 0.300 e. The molecule has 0 bridgehead atoms. The van der Waals surface area contributed by atoms with Crippen molar-refractivity contribution in [2.75, 3.05) is 4.31 Å². The number of hydrogen-bond acceptors (Lipinski definition) is 7. The Kier molecular flexibility index (Phi) is 3.45. The Morgan fingerprint density at radius 3 is 2.09 bits per heavy atom. The summed E-state index contributed by atoms with van der Waals surface area (Å²) in [6.45, 7) is 2.49. The average molecular weight is 327 g/mol. The predicted octanol–water partition coefficient (Wildman–Crippen LogP) is 1.47. The number of amides is 1. The van der Waals surface area contributed by atoms with E-state index in [2.05, 4.69) is 0 Å². The highest BCUT2D eigenvalue weighted by Gasteiger charge is 2.43. The second-order valence-corrected chi connectivity index (χ2v) is 6.37. The summed E-state index contributed by atoms with van der Waals surface area (Å²) >= 11 is 0. The lowest BCUT2D eigenvalue weighted by Gasteiger charge is -2.15. The molecular formula is C11H9N3O7S. The van der Waals surface area contributed by atoms with Crippen molar-refractivity contribution in [1.29, 1.82) is 0 Å². The third-order valence-electron chi connectivity index (χ3n) is 3.25. The molecule has 1 amide bonds. The van der Waals surface area contributed by atoms with Crippen LogP contribution in [-0.2, 0) is 14.8 Å². The van der Waals surface area contributed by atoms with E-state index in [1.54, 1.807) is 0 Å². The highest BCUT2D eigenvalue weighted by molar-refractivity contribution is 7.97. The maximum absolute atomic E-state index is 12.2. The number of nitro groups is 2. The number of anilines is 1. The molecule has 11 heteroatoms. The number of rotatable bonds is 3. The fourth-order valence-corrected chi connectivity index (χ4v) is 3.44. The minimum absolute atomic E-state index is 0.0624. The Morgan fingerprint density at radius 2 is 1.68 bits per heavy atom. The van der Waals surface area contributed by atoms with Gasteiger partial charge in [-0.1, -0.05) is 0 Å². The van der Waals surface area contributed by atoms with Crippen molar-refractivity contribution < 1.29 is 23.1 Å². The van der Waals surface area contributed by atoms with Crippen LogP contribution >= 0.6 is 0 Å². The number of nitrogens with zero attached hydrogens (tertiary/aromatic N) is 3. The Hall–Kier alpha value is -2.82. The van der Waals surface area contributed by atoms with E-state index in [0.717, 1.165) is 12.1 Å². The molecule has 0 radical (unpaired) electrons. The fourth-order valence-electron chi connectivity index (χ4n) is 1.92. The van der Waals surface area contributed by atoms with E-state index in [-0.39, 0.29) is 10.5 Å². The molecule has 0 saturated heterocycles. The maximum atomic E-state index is 12.2. The zero-order valence-electron chi connectivity index (χ0n) is 11.3. The molecule has 1 aromatic rings. The predicted molar refractivity (Wildman–Crippen MR) is 74.5 cm³/mol. The molecule has 0 atom stereocenters. The second-order valence-electron chi connectivity index (χ2n) is 4.44. The van der Waals surface area contributed by atoms with E-state index in [0.29, 0.717) is 10.4 Å². The third-order valence-corrected chi connectivity index (χ3v) is 5.17. The van der Waals surface area contributed by atoms with Crippen LogP contribution in [0.5, 0.6) is 0 Å². The van der Waals surface area contributed by atoms with Gasteiger partial charge in [0.15, 0.2) is 0 Å². The van der Waals surface area contributed by atoms with Gasteiger partial charge in [-0.15, -0.1) is 0 Å². The zero-order chi connectivity index (χ0) is 16.8. The zero-order valence-corrected chi connectivity index (χ0v) is 12.2. The van der Waals surface area contributed by atoms with Gasteiger partial charge in [-0.2, -0.15) is 4.31 Å². The van der Waals surface area contributed by atoms with Crippen LogP contribution in [0.1, 0.15) is 13.8 Å². The molecule has 0 aromatic heterocycles. The summed E-state index contributed by atoms with van der Waals surface area (Å²) in [5.41, 5.74) is -2.01. The minimum atomic E-state index is -4.22. The number of carbonyl (C=O) groups is 1. The minimum Gasteiger partial charge on any atom is -0.268 e.